The van der Waals surface area contributed by atoms with E-state index in [1.54, 1.807) is 23.5 Å². The van der Waals surface area contributed by atoms with Crippen LogP contribution in [0.1, 0.15) is 31.7 Å². The van der Waals surface area contributed by atoms with Gasteiger partial charge in [0.15, 0.2) is 5.82 Å². The van der Waals surface area contributed by atoms with Crippen molar-refractivity contribution in [3.05, 3.63) is 59.2 Å². The van der Waals surface area contributed by atoms with Crippen LogP contribution in [0.25, 0.3) is 10.6 Å². The second-order valence-electron chi connectivity index (χ2n) is 8.38. The number of amides is 1. The standard InChI is InChI=1S/C24H25FN4OS/c1-16-4-5-18-15-19(25)6-8-21(18)29(16)24(30)17-10-12-28(13-11-17)23-9-7-20(26-27-23)22-3-2-14-31-22/h2-3,6-9,14-17H,4-5,10-13H2,1H3. The van der Waals surface area contributed by atoms with Crippen LogP contribution in [0.3, 0.4) is 0 Å². The molecule has 1 amide bonds. The summed E-state index contributed by atoms with van der Waals surface area (Å²) in [6.07, 6.45) is 3.25. The maximum atomic E-state index is 13.7. The van der Waals surface area contributed by atoms with Crippen LogP contribution in [0.15, 0.2) is 47.8 Å². The molecule has 5 nitrogen and oxygen atoms in total. The third kappa shape index (κ3) is 3.94. The maximum Gasteiger partial charge on any atom is 0.230 e. The molecule has 4 heterocycles. The zero-order valence-electron chi connectivity index (χ0n) is 17.5. The smallest absolute Gasteiger partial charge is 0.230 e. The van der Waals surface area contributed by atoms with Crippen molar-refractivity contribution in [3.63, 3.8) is 0 Å². The second kappa shape index (κ2) is 8.38. The topological polar surface area (TPSA) is 49.3 Å². The van der Waals surface area contributed by atoms with Gasteiger partial charge in [0.05, 0.1) is 4.88 Å². The van der Waals surface area contributed by atoms with Crippen LogP contribution in [0, 0.1) is 11.7 Å². The molecule has 7 heteroatoms. The Kier molecular flexibility index (Phi) is 5.44. The maximum absolute atomic E-state index is 13.7. The number of rotatable bonds is 3. The number of halogens is 1. The lowest BCUT2D eigenvalue weighted by Crippen LogP contribution is -2.48. The molecule has 1 fully saturated rings. The van der Waals surface area contributed by atoms with Crippen molar-refractivity contribution < 1.29 is 9.18 Å². The number of hydrogen-bond acceptors (Lipinski definition) is 5. The molecule has 160 valence electrons. The molecule has 0 saturated carbocycles. The third-order valence-corrected chi connectivity index (χ3v) is 7.30. The number of nitrogens with zero attached hydrogens (tertiary/aromatic N) is 4. The van der Waals surface area contributed by atoms with Crippen molar-refractivity contribution in [2.75, 3.05) is 22.9 Å². The lowest BCUT2D eigenvalue weighted by atomic mass is 9.91. The van der Waals surface area contributed by atoms with Crippen LogP contribution >= 0.6 is 11.3 Å². The molecule has 0 spiro atoms. The van der Waals surface area contributed by atoms with E-state index in [9.17, 15) is 9.18 Å². The molecule has 31 heavy (non-hydrogen) atoms. The zero-order valence-corrected chi connectivity index (χ0v) is 18.3. The van der Waals surface area contributed by atoms with Crippen LogP contribution in [0.4, 0.5) is 15.9 Å². The minimum absolute atomic E-state index is 0.0203. The van der Waals surface area contributed by atoms with E-state index >= 15 is 0 Å². The SMILES string of the molecule is CC1CCc2cc(F)ccc2N1C(=O)C1CCN(c2ccc(-c3cccs3)nn2)CC1. The van der Waals surface area contributed by atoms with Crippen LogP contribution in [-0.4, -0.2) is 35.2 Å². The van der Waals surface area contributed by atoms with E-state index < -0.39 is 0 Å². The quantitative estimate of drug-likeness (QED) is 0.584. The Morgan fingerprint density at radius 1 is 1.10 bits per heavy atom. The van der Waals surface area contributed by atoms with E-state index in [0.29, 0.717) is 0 Å². The molecule has 3 aromatic rings. The Morgan fingerprint density at radius 3 is 2.65 bits per heavy atom. The predicted octanol–water partition coefficient (Wildman–Crippen LogP) is 4.93. The summed E-state index contributed by atoms with van der Waals surface area (Å²) in [4.78, 5) is 18.6. The summed E-state index contributed by atoms with van der Waals surface area (Å²) in [6.45, 7) is 3.65. The number of aromatic nitrogens is 2. The molecule has 0 aliphatic carbocycles. The predicted molar refractivity (Wildman–Crippen MR) is 122 cm³/mol. The van der Waals surface area contributed by atoms with E-state index in [-0.39, 0.29) is 23.7 Å². The van der Waals surface area contributed by atoms with Crippen LogP contribution in [0.5, 0.6) is 0 Å². The summed E-state index contributed by atoms with van der Waals surface area (Å²) in [5.74, 6) is 0.769. The van der Waals surface area contributed by atoms with Gasteiger partial charge in [0.2, 0.25) is 5.91 Å². The Labute approximate surface area is 185 Å². The molecule has 1 unspecified atom stereocenters. The third-order valence-electron chi connectivity index (χ3n) is 6.40. The van der Waals surface area contributed by atoms with Crippen molar-refractivity contribution in [3.8, 4) is 10.6 Å². The van der Waals surface area contributed by atoms with Crippen molar-refractivity contribution in [2.24, 2.45) is 5.92 Å². The highest BCUT2D eigenvalue weighted by molar-refractivity contribution is 7.13. The highest BCUT2D eigenvalue weighted by Gasteiger charge is 2.34. The number of piperidine rings is 1. The molecule has 1 saturated heterocycles. The van der Waals surface area contributed by atoms with Gasteiger partial charge in [0.25, 0.3) is 0 Å². The molecule has 2 aliphatic rings. The largest absolute Gasteiger partial charge is 0.355 e. The summed E-state index contributed by atoms with van der Waals surface area (Å²) < 4.78 is 13.7. The average Bonchev–Trinajstić information content (AvgIpc) is 3.34. The van der Waals surface area contributed by atoms with Crippen molar-refractivity contribution in [1.29, 1.82) is 0 Å². The Morgan fingerprint density at radius 2 is 1.94 bits per heavy atom. The molecule has 0 N–H and O–H groups in total. The fourth-order valence-corrected chi connectivity index (χ4v) is 5.35. The van der Waals surface area contributed by atoms with Gasteiger partial charge in [-0.1, -0.05) is 6.07 Å². The first-order valence-electron chi connectivity index (χ1n) is 10.8. The van der Waals surface area contributed by atoms with Gasteiger partial charge in [-0.2, -0.15) is 0 Å². The van der Waals surface area contributed by atoms with Gasteiger partial charge in [-0.05, 0) is 79.9 Å². The molecule has 2 aromatic heterocycles. The first-order chi connectivity index (χ1) is 15.1. The molecule has 2 aliphatic heterocycles. The first-order valence-corrected chi connectivity index (χ1v) is 11.7. The van der Waals surface area contributed by atoms with Gasteiger partial charge < -0.3 is 9.80 Å². The van der Waals surface area contributed by atoms with Crippen molar-refractivity contribution in [2.45, 2.75) is 38.6 Å². The fourth-order valence-electron chi connectivity index (χ4n) is 4.66. The van der Waals surface area contributed by atoms with Crippen LogP contribution in [-0.2, 0) is 11.2 Å². The molecule has 0 bridgehead atoms. The Balaban J connectivity index is 1.26. The summed E-state index contributed by atoms with van der Waals surface area (Å²) in [5.41, 5.74) is 2.70. The van der Waals surface area contributed by atoms with Gasteiger partial charge in [0, 0.05) is 30.7 Å². The highest BCUT2D eigenvalue weighted by atomic mass is 32.1. The number of thiophene rings is 1. The summed E-state index contributed by atoms with van der Waals surface area (Å²) >= 11 is 1.65. The van der Waals surface area contributed by atoms with Crippen molar-refractivity contribution in [1.82, 2.24) is 10.2 Å². The number of carbonyl (C=O) groups is 1. The van der Waals surface area contributed by atoms with E-state index in [1.807, 2.05) is 34.5 Å². The Bertz CT molecular complexity index is 1060. The number of fused-ring (bicyclic) bond motifs is 1. The summed E-state index contributed by atoms with van der Waals surface area (Å²) in [6, 6.07) is 13.0. The molecule has 1 atom stereocenters. The van der Waals surface area contributed by atoms with Crippen LogP contribution < -0.4 is 9.80 Å². The molecular formula is C24H25FN4OS. The highest BCUT2D eigenvalue weighted by Crippen LogP contribution is 2.34. The van der Waals surface area contributed by atoms with E-state index in [0.717, 1.165) is 66.4 Å². The second-order valence-corrected chi connectivity index (χ2v) is 9.33. The van der Waals surface area contributed by atoms with Gasteiger partial charge in [-0.15, -0.1) is 21.5 Å². The summed E-state index contributed by atoms with van der Waals surface area (Å²) in [5, 5.41) is 10.8. The molecular weight excluding hydrogens is 411 g/mol. The number of benzene rings is 1. The van der Waals surface area contributed by atoms with Gasteiger partial charge >= 0.3 is 0 Å². The average molecular weight is 437 g/mol. The van der Waals surface area contributed by atoms with E-state index in [2.05, 4.69) is 22.0 Å². The normalized spacial score (nSPS) is 19.4. The number of anilines is 2. The number of carbonyl (C=O) groups excluding carboxylic acids is 1. The minimum Gasteiger partial charge on any atom is -0.355 e. The van der Waals surface area contributed by atoms with Crippen LogP contribution in [0.2, 0.25) is 0 Å². The molecule has 5 rings (SSSR count). The minimum atomic E-state index is -0.236. The number of hydrogen-bond donors (Lipinski definition) is 0. The lowest BCUT2D eigenvalue weighted by Gasteiger charge is -2.39. The number of aryl methyl sites for hydroxylation is 1. The Hall–Kier alpha value is -2.80. The monoisotopic (exact) mass is 436 g/mol. The molecule has 0 radical (unpaired) electrons. The van der Waals surface area contributed by atoms with Crippen molar-refractivity contribution >= 4 is 28.7 Å². The lowest BCUT2D eigenvalue weighted by molar-refractivity contribution is -0.123. The first kappa shape index (κ1) is 20.1. The van der Waals surface area contributed by atoms with E-state index in [4.69, 9.17) is 0 Å². The zero-order chi connectivity index (χ0) is 21.4. The van der Waals surface area contributed by atoms with E-state index in [1.165, 1.54) is 6.07 Å². The van der Waals surface area contributed by atoms with Gasteiger partial charge in [0.1, 0.15) is 11.5 Å². The fraction of sp³-hybridized carbons (Fsp3) is 0.375. The van der Waals surface area contributed by atoms with Gasteiger partial charge in [-0.25, -0.2) is 4.39 Å². The molecule has 1 aromatic carbocycles. The summed E-state index contributed by atoms with van der Waals surface area (Å²) in [7, 11) is 0. The van der Waals surface area contributed by atoms with Gasteiger partial charge in [-0.3, -0.25) is 4.79 Å².